The van der Waals surface area contributed by atoms with Crippen LogP contribution in [0.5, 0.6) is 0 Å². The summed E-state index contributed by atoms with van der Waals surface area (Å²) in [5.74, 6) is 0.557. The van der Waals surface area contributed by atoms with E-state index in [-0.39, 0.29) is 24.4 Å². The molecule has 1 aliphatic rings. The summed E-state index contributed by atoms with van der Waals surface area (Å²) >= 11 is 0. The number of halogens is 4. The topological polar surface area (TPSA) is 23.6 Å². The van der Waals surface area contributed by atoms with Crippen LogP contribution < -0.4 is 0 Å². The number of likely N-dealkylation sites (N-methyl/N-ethyl adjacent to an activating group) is 1. The number of amides is 1. The first kappa shape index (κ1) is 24.5. The van der Waals surface area contributed by atoms with Crippen LogP contribution in [0.15, 0.2) is 30.3 Å². The number of hydrogen-bond donors (Lipinski definition) is 0. The highest BCUT2D eigenvalue weighted by Crippen LogP contribution is 2.30. The van der Waals surface area contributed by atoms with Crippen molar-refractivity contribution in [3.63, 3.8) is 0 Å². The summed E-state index contributed by atoms with van der Waals surface area (Å²) in [6, 6.07) is 5.24. The van der Waals surface area contributed by atoms with Crippen LogP contribution in [-0.4, -0.2) is 48.9 Å². The van der Waals surface area contributed by atoms with E-state index in [0.717, 1.165) is 44.4 Å². The van der Waals surface area contributed by atoms with Crippen molar-refractivity contribution in [2.24, 2.45) is 5.92 Å². The molecule has 1 saturated carbocycles. The van der Waals surface area contributed by atoms with Gasteiger partial charge in [-0.3, -0.25) is 4.79 Å². The first-order valence-electron chi connectivity index (χ1n) is 9.47. The van der Waals surface area contributed by atoms with E-state index in [0.29, 0.717) is 18.0 Å². The van der Waals surface area contributed by atoms with Crippen molar-refractivity contribution in [3.05, 3.63) is 41.5 Å². The van der Waals surface area contributed by atoms with Gasteiger partial charge >= 0.3 is 6.18 Å². The number of carbonyl (C=O) groups excluding carboxylic acids is 1. The summed E-state index contributed by atoms with van der Waals surface area (Å²) in [5, 5.41) is 0. The molecule has 2 rings (SSSR count). The molecule has 0 spiro atoms. The van der Waals surface area contributed by atoms with Crippen molar-refractivity contribution in [1.82, 2.24) is 9.80 Å². The molecule has 158 valence electrons. The Balaban J connectivity index is 0.00000392. The number of nitrogens with zero attached hydrogens (tertiary/aromatic N) is 2. The van der Waals surface area contributed by atoms with Gasteiger partial charge in [-0.05, 0) is 69.5 Å². The summed E-state index contributed by atoms with van der Waals surface area (Å²) in [5.41, 5.74) is -0.328. The molecule has 1 amide bonds. The lowest BCUT2D eigenvalue weighted by Crippen LogP contribution is -2.44. The van der Waals surface area contributed by atoms with Gasteiger partial charge in [0.25, 0.3) is 0 Å². The van der Waals surface area contributed by atoms with Crippen LogP contribution in [0.1, 0.15) is 43.7 Å². The minimum atomic E-state index is -4.38. The van der Waals surface area contributed by atoms with Crippen molar-refractivity contribution >= 4 is 24.4 Å². The van der Waals surface area contributed by atoms with E-state index >= 15 is 0 Å². The van der Waals surface area contributed by atoms with Crippen LogP contribution in [0.4, 0.5) is 13.2 Å². The fourth-order valence-corrected chi connectivity index (χ4v) is 3.42. The number of alkyl halides is 3. The Kier molecular flexibility index (Phi) is 9.51. The molecule has 3 nitrogen and oxygen atoms in total. The smallest absolute Gasteiger partial charge is 0.335 e. The molecule has 1 aromatic rings. The van der Waals surface area contributed by atoms with Crippen LogP contribution >= 0.6 is 12.4 Å². The second kappa shape index (κ2) is 10.9. The van der Waals surface area contributed by atoms with Crippen molar-refractivity contribution in [2.45, 2.75) is 44.8 Å². The molecule has 0 aliphatic heterocycles. The normalized spacial score (nSPS) is 20.2. The molecular weight excluding hydrogens is 389 g/mol. The third-order valence-electron chi connectivity index (χ3n) is 5.13. The van der Waals surface area contributed by atoms with E-state index in [9.17, 15) is 18.0 Å². The summed E-state index contributed by atoms with van der Waals surface area (Å²) in [6.07, 6.45) is 2.68. The Bertz CT molecular complexity index is 653. The Morgan fingerprint density at radius 2 is 1.79 bits per heavy atom. The maximum Gasteiger partial charge on any atom is 0.416 e. The van der Waals surface area contributed by atoms with Crippen LogP contribution in [-0.2, 0) is 11.0 Å². The molecular formula is C21H30ClF3N2O. The third kappa shape index (κ3) is 7.47. The molecule has 28 heavy (non-hydrogen) atoms. The van der Waals surface area contributed by atoms with Gasteiger partial charge in [0.2, 0.25) is 5.91 Å². The van der Waals surface area contributed by atoms with Gasteiger partial charge in [0.1, 0.15) is 0 Å². The van der Waals surface area contributed by atoms with Crippen LogP contribution in [0.2, 0.25) is 0 Å². The van der Waals surface area contributed by atoms with Crippen LogP contribution in [0.25, 0.3) is 6.08 Å². The Morgan fingerprint density at radius 3 is 2.36 bits per heavy atom. The zero-order valence-corrected chi connectivity index (χ0v) is 17.5. The average Bonchev–Trinajstić information content (AvgIpc) is 2.61. The average molecular weight is 419 g/mol. The predicted molar refractivity (Wildman–Crippen MR) is 109 cm³/mol. The largest absolute Gasteiger partial charge is 0.416 e. The fraction of sp³-hybridized carbons (Fsp3) is 0.571. The summed E-state index contributed by atoms with van der Waals surface area (Å²) in [4.78, 5) is 16.7. The number of hydrogen-bond acceptors (Lipinski definition) is 2. The van der Waals surface area contributed by atoms with Gasteiger partial charge in [0.15, 0.2) is 0 Å². The van der Waals surface area contributed by atoms with Crippen molar-refractivity contribution in [1.29, 1.82) is 0 Å². The Labute approximate surface area is 172 Å². The highest BCUT2D eigenvalue weighted by molar-refractivity contribution is 5.92. The second-order valence-electron chi connectivity index (χ2n) is 7.71. The molecule has 0 atom stereocenters. The Hall–Kier alpha value is -1.53. The SMILES string of the molecule is CC1CCC(N(CCN(C)C)C(=O)C=Cc2cccc(C(F)(F)F)c2)CC1.Cl. The molecule has 1 aromatic carbocycles. The minimum absolute atomic E-state index is 0. The van der Waals surface area contributed by atoms with Crippen LogP contribution in [0, 0.1) is 5.92 Å². The minimum Gasteiger partial charge on any atom is -0.335 e. The molecule has 0 aromatic heterocycles. The van der Waals surface area contributed by atoms with Crippen molar-refractivity contribution < 1.29 is 18.0 Å². The number of rotatable bonds is 6. The highest BCUT2D eigenvalue weighted by atomic mass is 35.5. The van der Waals surface area contributed by atoms with Gasteiger partial charge in [-0.2, -0.15) is 13.2 Å². The molecule has 1 fully saturated rings. The summed E-state index contributed by atoms with van der Waals surface area (Å²) < 4.78 is 38.5. The fourth-order valence-electron chi connectivity index (χ4n) is 3.42. The van der Waals surface area contributed by atoms with E-state index in [1.807, 2.05) is 23.9 Å². The third-order valence-corrected chi connectivity index (χ3v) is 5.13. The molecule has 0 radical (unpaired) electrons. The predicted octanol–water partition coefficient (Wildman–Crippen LogP) is 5.11. The maximum absolute atomic E-state index is 12.8. The molecule has 0 N–H and O–H groups in total. The maximum atomic E-state index is 12.8. The van der Waals surface area contributed by atoms with Gasteiger partial charge in [0, 0.05) is 25.2 Å². The second-order valence-corrected chi connectivity index (χ2v) is 7.71. The summed E-state index contributed by atoms with van der Waals surface area (Å²) in [6.45, 7) is 3.61. The molecule has 7 heteroatoms. The van der Waals surface area contributed by atoms with E-state index in [4.69, 9.17) is 0 Å². The van der Waals surface area contributed by atoms with Gasteiger partial charge in [0.05, 0.1) is 5.56 Å². The molecule has 0 unspecified atom stereocenters. The Morgan fingerprint density at radius 1 is 1.14 bits per heavy atom. The standard InChI is InChI=1S/C21H29F3N2O.ClH/c1-16-7-10-19(11-8-16)26(14-13-25(2)3)20(27)12-9-17-5-4-6-18(15-17)21(22,23)24;/h4-6,9,12,15-16,19H,7-8,10-11,13-14H2,1-3H3;1H. The van der Waals surface area contributed by atoms with Crippen molar-refractivity contribution in [2.75, 3.05) is 27.2 Å². The molecule has 1 aliphatic carbocycles. The monoisotopic (exact) mass is 418 g/mol. The van der Waals surface area contributed by atoms with E-state index in [1.165, 1.54) is 18.2 Å². The highest BCUT2D eigenvalue weighted by Gasteiger charge is 2.30. The van der Waals surface area contributed by atoms with Gasteiger partial charge < -0.3 is 9.80 Å². The lowest BCUT2D eigenvalue weighted by atomic mass is 9.86. The van der Waals surface area contributed by atoms with Gasteiger partial charge in [-0.15, -0.1) is 12.4 Å². The van der Waals surface area contributed by atoms with Crippen LogP contribution in [0.3, 0.4) is 0 Å². The zero-order chi connectivity index (χ0) is 20.0. The van der Waals surface area contributed by atoms with Crippen molar-refractivity contribution in [3.8, 4) is 0 Å². The molecule has 0 heterocycles. The molecule has 0 bridgehead atoms. The van der Waals surface area contributed by atoms with E-state index in [2.05, 4.69) is 6.92 Å². The summed E-state index contributed by atoms with van der Waals surface area (Å²) in [7, 11) is 3.92. The van der Waals surface area contributed by atoms with Gasteiger partial charge in [-0.1, -0.05) is 19.1 Å². The van der Waals surface area contributed by atoms with Gasteiger partial charge in [-0.25, -0.2) is 0 Å². The zero-order valence-electron chi connectivity index (χ0n) is 16.7. The first-order valence-corrected chi connectivity index (χ1v) is 9.47. The molecule has 0 saturated heterocycles. The number of carbonyl (C=O) groups is 1. The lowest BCUT2D eigenvalue weighted by molar-refractivity contribution is -0.137. The van der Waals surface area contributed by atoms with E-state index in [1.54, 1.807) is 6.07 Å². The quantitative estimate of drug-likeness (QED) is 0.599. The number of benzene rings is 1. The van der Waals surface area contributed by atoms with E-state index < -0.39 is 11.7 Å². The first-order chi connectivity index (χ1) is 12.7. The lowest BCUT2D eigenvalue weighted by Gasteiger charge is -2.36.